The smallest absolute Gasteiger partial charge is 0.423 e. The largest absolute Gasteiger partial charge is 0.499 e. The van der Waals surface area contributed by atoms with Crippen LogP contribution in [0.15, 0.2) is 12.1 Å². The Bertz CT molecular complexity index is 269. The summed E-state index contributed by atoms with van der Waals surface area (Å²) < 4.78 is 0.398. The van der Waals surface area contributed by atoms with Gasteiger partial charge in [0, 0.05) is 4.78 Å². The van der Waals surface area contributed by atoms with Crippen molar-refractivity contribution in [3.8, 4) is 0 Å². The van der Waals surface area contributed by atoms with Crippen molar-refractivity contribution in [2.24, 2.45) is 0 Å². The summed E-state index contributed by atoms with van der Waals surface area (Å²) in [5.74, 6) is -0.0538. The molecular weight excluding hydrogens is 175 g/mol. The Balaban J connectivity index is 0.00000121. The van der Waals surface area contributed by atoms with Gasteiger partial charge >= 0.3 is 7.12 Å². The number of Topliss-reactive ketones (excluding diaryl/α,β-unsaturated/α-hetero) is 1. The van der Waals surface area contributed by atoms with Crippen LogP contribution in [-0.2, 0) is 0 Å². The molecule has 0 bridgehead atoms. The van der Waals surface area contributed by atoms with E-state index in [-0.39, 0.29) is 13.2 Å². The molecule has 1 aromatic rings. The van der Waals surface area contributed by atoms with Gasteiger partial charge in [0.25, 0.3) is 0 Å². The molecule has 0 spiro atoms. The number of carbonyl (C=O) groups excluding carboxylic acids is 1. The Morgan fingerprint density at radius 1 is 1.50 bits per heavy atom. The van der Waals surface area contributed by atoms with Crippen LogP contribution < -0.4 is 4.78 Å². The highest BCUT2D eigenvalue weighted by Gasteiger charge is 2.14. The van der Waals surface area contributed by atoms with Crippen LogP contribution in [0.2, 0.25) is 0 Å². The third-order valence-electron chi connectivity index (χ3n) is 1.23. The van der Waals surface area contributed by atoms with Crippen LogP contribution in [0.4, 0.5) is 0 Å². The molecule has 2 N–H and O–H groups in total. The fourth-order valence-corrected chi connectivity index (χ4v) is 1.46. The summed E-state index contributed by atoms with van der Waals surface area (Å²) in [6, 6.07) is 3.12. The van der Waals surface area contributed by atoms with E-state index >= 15 is 0 Å². The second-order valence-electron chi connectivity index (χ2n) is 2.13. The molecule has 1 aromatic heterocycles. The maximum atomic E-state index is 10.7. The number of rotatable bonds is 2. The molecule has 0 radical (unpaired) electrons. The van der Waals surface area contributed by atoms with E-state index in [4.69, 9.17) is 10.0 Å². The maximum Gasteiger partial charge on any atom is 0.499 e. The van der Waals surface area contributed by atoms with Crippen LogP contribution in [0, 0.1) is 0 Å². The Morgan fingerprint density at radius 2 is 2.08 bits per heavy atom. The summed E-state index contributed by atoms with van der Waals surface area (Å²) in [5, 5.41) is 17.3. The van der Waals surface area contributed by atoms with Crippen molar-refractivity contribution in [3.05, 3.63) is 17.0 Å². The van der Waals surface area contributed by atoms with E-state index in [2.05, 4.69) is 0 Å². The quantitative estimate of drug-likeness (QED) is 0.514. The molecule has 1 heterocycles. The van der Waals surface area contributed by atoms with Gasteiger partial charge in [-0.25, -0.2) is 0 Å². The molecule has 66 valence electrons. The van der Waals surface area contributed by atoms with Gasteiger partial charge in [0.1, 0.15) is 0 Å². The highest BCUT2D eigenvalue weighted by atomic mass is 32.1. The predicted molar refractivity (Wildman–Crippen MR) is 50.9 cm³/mol. The first-order chi connectivity index (χ1) is 5.11. The molecule has 1 rings (SSSR count). The highest BCUT2D eigenvalue weighted by molar-refractivity contribution is 7.23. The van der Waals surface area contributed by atoms with Gasteiger partial charge < -0.3 is 10.0 Å². The van der Waals surface area contributed by atoms with E-state index in [1.807, 2.05) is 0 Å². The predicted octanol–water partition coefficient (Wildman–Crippen LogP) is 0.267. The lowest BCUT2D eigenvalue weighted by atomic mass is 9.90. The molecule has 0 aliphatic rings. The number of ketones is 1. The van der Waals surface area contributed by atoms with Crippen molar-refractivity contribution in [3.63, 3.8) is 0 Å². The third kappa shape index (κ3) is 2.44. The molecular formula is C7H11BO3S. The minimum Gasteiger partial charge on any atom is -0.423 e. The molecule has 0 saturated heterocycles. The lowest BCUT2D eigenvalue weighted by molar-refractivity contribution is 0.102. The Kier molecular flexibility index (Phi) is 4.16. The Morgan fingerprint density at radius 3 is 2.33 bits per heavy atom. The van der Waals surface area contributed by atoms with Gasteiger partial charge in [-0.2, -0.15) is 0 Å². The number of hydrogen-bond donors (Lipinski definition) is 2. The second-order valence-corrected chi connectivity index (χ2v) is 3.25. The van der Waals surface area contributed by atoms with E-state index in [9.17, 15) is 4.79 Å². The summed E-state index contributed by atoms with van der Waals surface area (Å²) in [5.41, 5.74) is 0. The molecule has 0 unspecified atom stereocenters. The average Bonchev–Trinajstić information content (AvgIpc) is 2.33. The molecule has 0 saturated carbocycles. The lowest BCUT2D eigenvalue weighted by Gasteiger charge is -1.89. The second kappa shape index (κ2) is 4.40. The van der Waals surface area contributed by atoms with Crippen molar-refractivity contribution < 1.29 is 14.8 Å². The number of hydrogen-bond acceptors (Lipinski definition) is 4. The molecule has 5 heteroatoms. The monoisotopic (exact) mass is 186 g/mol. The van der Waals surface area contributed by atoms with Crippen LogP contribution in [0.1, 0.15) is 24.0 Å². The Labute approximate surface area is 75.8 Å². The summed E-state index contributed by atoms with van der Waals surface area (Å²) in [7, 11) is -1.46. The van der Waals surface area contributed by atoms with Gasteiger partial charge in [0.05, 0.1) is 4.88 Å². The topological polar surface area (TPSA) is 57.5 Å². The first-order valence-corrected chi connectivity index (χ1v) is 3.89. The van der Waals surface area contributed by atoms with Gasteiger partial charge in [-0.15, -0.1) is 11.3 Å². The van der Waals surface area contributed by atoms with E-state index in [0.717, 1.165) is 11.3 Å². The van der Waals surface area contributed by atoms with Crippen LogP contribution in [0.25, 0.3) is 0 Å². The fraction of sp³-hybridized carbons (Fsp3) is 0.286. The summed E-state index contributed by atoms with van der Waals surface area (Å²) in [4.78, 5) is 11.3. The Hall–Kier alpha value is -0.645. The van der Waals surface area contributed by atoms with Crippen LogP contribution in [-0.4, -0.2) is 22.9 Å². The van der Waals surface area contributed by atoms with Crippen molar-refractivity contribution in [1.82, 2.24) is 0 Å². The van der Waals surface area contributed by atoms with Crippen LogP contribution in [0.3, 0.4) is 0 Å². The lowest BCUT2D eigenvalue weighted by Crippen LogP contribution is -2.26. The van der Waals surface area contributed by atoms with Crippen molar-refractivity contribution >= 4 is 29.0 Å². The van der Waals surface area contributed by atoms with Gasteiger partial charge in [-0.3, -0.25) is 4.79 Å². The molecule has 12 heavy (non-hydrogen) atoms. The van der Waals surface area contributed by atoms with Crippen LogP contribution >= 0.6 is 11.3 Å². The number of carbonyl (C=O) groups is 1. The molecule has 0 atom stereocenters. The molecule has 3 nitrogen and oxygen atoms in total. The zero-order valence-corrected chi connectivity index (χ0v) is 6.76. The first kappa shape index (κ1) is 11.4. The van der Waals surface area contributed by atoms with E-state index in [1.54, 1.807) is 6.07 Å². The van der Waals surface area contributed by atoms with Gasteiger partial charge in [0.15, 0.2) is 5.78 Å². The molecule has 0 aliphatic carbocycles. The highest BCUT2D eigenvalue weighted by Crippen LogP contribution is 2.07. The normalized spacial score (nSPS) is 8.92. The van der Waals surface area contributed by atoms with Crippen LogP contribution in [0.5, 0.6) is 0 Å². The van der Waals surface area contributed by atoms with Gasteiger partial charge in [-0.1, -0.05) is 13.5 Å². The molecule has 0 aromatic carbocycles. The van der Waals surface area contributed by atoms with Crippen molar-refractivity contribution in [2.75, 3.05) is 0 Å². The SMILES string of the molecule is C.CC(=O)c1ccc(B(O)O)s1. The zero-order chi connectivity index (χ0) is 8.43. The zero-order valence-electron chi connectivity index (χ0n) is 5.94. The summed E-state index contributed by atoms with van der Waals surface area (Å²) in [6.45, 7) is 1.44. The first-order valence-electron chi connectivity index (χ1n) is 3.08. The molecule has 0 amide bonds. The molecule has 0 fully saturated rings. The van der Waals surface area contributed by atoms with E-state index in [0.29, 0.717) is 9.65 Å². The van der Waals surface area contributed by atoms with E-state index < -0.39 is 7.12 Å². The molecule has 0 aliphatic heterocycles. The fourth-order valence-electron chi connectivity index (χ4n) is 0.681. The van der Waals surface area contributed by atoms with Crippen molar-refractivity contribution in [1.29, 1.82) is 0 Å². The average molecular weight is 186 g/mol. The summed E-state index contributed by atoms with van der Waals surface area (Å²) in [6.07, 6.45) is 0. The summed E-state index contributed by atoms with van der Waals surface area (Å²) >= 11 is 1.10. The minimum absolute atomic E-state index is 0. The third-order valence-corrected chi connectivity index (χ3v) is 2.45. The maximum absolute atomic E-state index is 10.7. The van der Waals surface area contributed by atoms with Crippen molar-refractivity contribution in [2.45, 2.75) is 14.4 Å². The van der Waals surface area contributed by atoms with E-state index in [1.165, 1.54) is 13.0 Å². The van der Waals surface area contributed by atoms with Gasteiger partial charge in [-0.05, 0) is 13.0 Å². The number of thiophene rings is 1. The van der Waals surface area contributed by atoms with Gasteiger partial charge in [0.2, 0.25) is 0 Å². The standard InChI is InChI=1S/C6H7BO3S.CH4/c1-4(8)5-2-3-6(11-5)7(9)10;/h2-3,9-10H,1H3;1H4. The minimum atomic E-state index is -1.46.